The molecule has 0 amide bonds. The third kappa shape index (κ3) is 1.84. The second kappa shape index (κ2) is 3.95. The summed E-state index contributed by atoms with van der Waals surface area (Å²) in [5.74, 6) is -0.207. The van der Waals surface area contributed by atoms with Crippen LogP contribution in [0.1, 0.15) is 29.8 Å². The zero-order valence-corrected chi connectivity index (χ0v) is 11.0. The molecule has 1 aromatic carbocycles. The van der Waals surface area contributed by atoms with E-state index in [1.54, 1.807) is 6.20 Å². The summed E-state index contributed by atoms with van der Waals surface area (Å²) in [4.78, 5) is 18.7. The maximum Gasteiger partial charge on any atom is 0.317 e. The Balaban J connectivity index is 1.97. The summed E-state index contributed by atoms with van der Waals surface area (Å²) in [6.07, 6.45) is 3.06. The van der Waals surface area contributed by atoms with Gasteiger partial charge in [-0.2, -0.15) is 0 Å². The van der Waals surface area contributed by atoms with E-state index in [2.05, 4.69) is 35.9 Å². The Labute approximate surface area is 111 Å². The molecule has 3 rings (SSSR count). The summed E-state index contributed by atoms with van der Waals surface area (Å²) in [5, 5.41) is 9.26. The monoisotopic (exact) mass is 256 g/mol. The summed E-state index contributed by atoms with van der Waals surface area (Å²) in [5.41, 5.74) is 3.62. The van der Waals surface area contributed by atoms with Gasteiger partial charge in [0.15, 0.2) is 0 Å². The van der Waals surface area contributed by atoms with Gasteiger partial charge in [0, 0.05) is 0 Å². The average Bonchev–Trinajstić information content (AvgIpc) is 3.05. The Morgan fingerprint density at radius 2 is 2.05 bits per heavy atom. The van der Waals surface area contributed by atoms with Crippen LogP contribution in [-0.2, 0) is 10.2 Å². The van der Waals surface area contributed by atoms with Gasteiger partial charge in [0.05, 0.1) is 11.9 Å². The first-order chi connectivity index (χ1) is 9.03. The van der Waals surface area contributed by atoms with Gasteiger partial charge in [-0.15, -0.1) is 0 Å². The van der Waals surface area contributed by atoms with Crippen LogP contribution in [0.3, 0.4) is 0 Å². The van der Waals surface area contributed by atoms with E-state index in [1.165, 1.54) is 11.1 Å². The van der Waals surface area contributed by atoms with Gasteiger partial charge in [-0.25, -0.2) is 4.98 Å². The van der Waals surface area contributed by atoms with Crippen LogP contribution in [0.4, 0.5) is 0 Å². The van der Waals surface area contributed by atoms with Gasteiger partial charge in [0.2, 0.25) is 0 Å². The van der Waals surface area contributed by atoms with E-state index in [-0.39, 0.29) is 0 Å². The number of carboxylic acid groups (broad SMARTS) is 1. The molecule has 0 spiro atoms. The minimum atomic E-state index is -0.784. The summed E-state index contributed by atoms with van der Waals surface area (Å²) in [6, 6.07) is 6.18. The van der Waals surface area contributed by atoms with Crippen molar-refractivity contribution in [1.82, 2.24) is 9.97 Å². The van der Waals surface area contributed by atoms with E-state index in [9.17, 15) is 9.90 Å². The van der Waals surface area contributed by atoms with Crippen molar-refractivity contribution in [2.24, 2.45) is 0 Å². The lowest BCUT2D eigenvalue weighted by molar-refractivity contribution is -0.140. The number of aromatic nitrogens is 2. The highest BCUT2D eigenvalue weighted by Crippen LogP contribution is 2.47. The van der Waals surface area contributed by atoms with Crippen LogP contribution in [0.5, 0.6) is 0 Å². The molecule has 0 atom stereocenters. The fourth-order valence-corrected chi connectivity index (χ4v) is 2.30. The van der Waals surface area contributed by atoms with E-state index in [0.29, 0.717) is 18.7 Å². The Morgan fingerprint density at radius 3 is 2.63 bits per heavy atom. The minimum absolute atomic E-state index is 0.577. The molecule has 1 heterocycles. The van der Waals surface area contributed by atoms with Crippen LogP contribution in [0.2, 0.25) is 0 Å². The van der Waals surface area contributed by atoms with Crippen LogP contribution >= 0.6 is 0 Å². The number of rotatable bonds is 3. The highest BCUT2D eigenvalue weighted by atomic mass is 16.4. The van der Waals surface area contributed by atoms with E-state index in [0.717, 1.165) is 11.3 Å². The third-order valence-corrected chi connectivity index (χ3v) is 4.01. The molecule has 0 bridgehead atoms. The number of imidazole rings is 1. The lowest BCUT2D eigenvalue weighted by Crippen LogP contribution is -2.20. The fraction of sp³-hybridized carbons (Fsp3) is 0.333. The number of hydrogen-bond acceptors (Lipinski definition) is 2. The topological polar surface area (TPSA) is 66.0 Å². The van der Waals surface area contributed by atoms with Crippen molar-refractivity contribution < 1.29 is 9.90 Å². The standard InChI is InChI=1S/C15H16N2O2/c1-9-3-4-11(7-10(9)2)12-8-16-13(17-12)15(5-6-15)14(18)19/h3-4,7-8H,5-6H2,1-2H3,(H,16,17)(H,18,19). The van der Waals surface area contributed by atoms with E-state index in [4.69, 9.17) is 0 Å². The van der Waals surface area contributed by atoms with Crippen LogP contribution in [-0.4, -0.2) is 21.0 Å². The molecule has 1 aliphatic carbocycles. The zero-order valence-electron chi connectivity index (χ0n) is 11.0. The van der Waals surface area contributed by atoms with Crippen molar-refractivity contribution in [2.75, 3.05) is 0 Å². The molecule has 4 nitrogen and oxygen atoms in total. The Morgan fingerprint density at radius 1 is 1.32 bits per heavy atom. The van der Waals surface area contributed by atoms with Gasteiger partial charge in [-0.05, 0) is 49.4 Å². The number of nitrogens with zero attached hydrogens (tertiary/aromatic N) is 1. The predicted molar refractivity (Wildman–Crippen MR) is 72.0 cm³/mol. The summed E-state index contributed by atoms with van der Waals surface area (Å²) >= 11 is 0. The van der Waals surface area contributed by atoms with Crippen LogP contribution in [0.25, 0.3) is 11.3 Å². The summed E-state index contributed by atoms with van der Waals surface area (Å²) in [7, 11) is 0. The number of carboxylic acids is 1. The van der Waals surface area contributed by atoms with Crippen LogP contribution in [0.15, 0.2) is 24.4 Å². The van der Waals surface area contributed by atoms with Crippen molar-refractivity contribution in [3.63, 3.8) is 0 Å². The van der Waals surface area contributed by atoms with Gasteiger partial charge < -0.3 is 10.1 Å². The molecule has 1 aromatic heterocycles. The van der Waals surface area contributed by atoms with Crippen LogP contribution < -0.4 is 0 Å². The van der Waals surface area contributed by atoms with E-state index in [1.807, 2.05) is 6.07 Å². The van der Waals surface area contributed by atoms with E-state index >= 15 is 0 Å². The Kier molecular flexibility index (Phi) is 2.49. The summed E-state index contributed by atoms with van der Waals surface area (Å²) in [6.45, 7) is 4.14. The fourth-order valence-electron chi connectivity index (χ4n) is 2.30. The molecule has 2 aromatic rings. The first kappa shape index (κ1) is 12.0. The predicted octanol–water partition coefficient (Wildman–Crippen LogP) is 2.81. The third-order valence-electron chi connectivity index (χ3n) is 4.01. The maximum absolute atomic E-state index is 11.3. The highest BCUT2D eigenvalue weighted by Gasteiger charge is 2.54. The van der Waals surface area contributed by atoms with Crippen molar-refractivity contribution in [3.05, 3.63) is 41.3 Å². The van der Waals surface area contributed by atoms with Crippen molar-refractivity contribution in [1.29, 1.82) is 0 Å². The lowest BCUT2D eigenvalue weighted by Gasteiger charge is -2.06. The number of aliphatic carboxylic acids is 1. The average molecular weight is 256 g/mol. The van der Waals surface area contributed by atoms with Crippen LogP contribution in [0, 0.1) is 13.8 Å². The van der Waals surface area contributed by atoms with Gasteiger partial charge >= 0.3 is 5.97 Å². The maximum atomic E-state index is 11.3. The van der Waals surface area contributed by atoms with Gasteiger partial charge in [-0.1, -0.05) is 12.1 Å². The lowest BCUT2D eigenvalue weighted by atomic mass is 10.0. The molecule has 98 valence electrons. The number of carbonyl (C=O) groups is 1. The number of aryl methyl sites for hydroxylation is 2. The quantitative estimate of drug-likeness (QED) is 0.887. The second-order valence-electron chi connectivity index (χ2n) is 5.33. The SMILES string of the molecule is Cc1ccc(-c2cnc(C3(C(=O)O)CC3)[nH]2)cc1C. The smallest absolute Gasteiger partial charge is 0.317 e. The normalized spacial score (nSPS) is 16.3. The molecule has 0 radical (unpaired) electrons. The number of H-pyrrole nitrogens is 1. The second-order valence-corrected chi connectivity index (χ2v) is 5.33. The molecular weight excluding hydrogens is 240 g/mol. The van der Waals surface area contributed by atoms with Gasteiger partial charge in [0.1, 0.15) is 11.2 Å². The number of hydrogen-bond donors (Lipinski definition) is 2. The van der Waals surface area contributed by atoms with E-state index < -0.39 is 11.4 Å². The molecule has 19 heavy (non-hydrogen) atoms. The molecule has 0 unspecified atom stereocenters. The van der Waals surface area contributed by atoms with Gasteiger partial charge in [-0.3, -0.25) is 4.79 Å². The Bertz CT molecular complexity index is 654. The first-order valence-electron chi connectivity index (χ1n) is 6.39. The van der Waals surface area contributed by atoms with Crippen molar-refractivity contribution in [3.8, 4) is 11.3 Å². The first-order valence-corrected chi connectivity index (χ1v) is 6.39. The molecule has 4 heteroatoms. The largest absolute Gasteiger partial charge is 0.480 e. The molecule has 1 saturated carbocycles. The van der Waals surface area contributed by atoms with Crippen molar-refractivity contribution >= 4 is 5.97 Å². The molecule has 0 saturated heterocycles. The molecule has 0 aliphatic heterocycles. The zero-order chi connectivity index (χ0) is 13.6. The Hall–Kier alpha value is -2.10. The minimum Gasteiger partial charge on any atom is -0.480 e. The molecule has 1 aliphatic rings. The number of benzene rings is 1. The molecule has 2 N–H and O–H groups in total. The molecular formula is C15H16N2O2. The summed E-state index contributed by atoms with van der Waals surface area (Å²) < 4.78 is 0. The number of aromatic amines is 1. The number of nitrogens with one attached hydrogen (secondary N) is 1. The molecule has 1 fully saturated rings. The highest BCUT2D eigenvalue weighted by molar-refractivity contribution is 5.84. The van der Waals surface area contributed by atoms with Crippen molar-refractivity contribution in [2.45, 2.75) is 32.1 Å². The van der Waals surface area contributed by atoms with Gasteiger partial charge in [0.25, 0.3) is 0 Å².